The van der Waals surface area contributed by atoms with Gasteiger partial charge in [0.15, 0.2) is 0 Å². The van der Waals surface area contributed by atoms with Crippen LogP contribution in [0.5, 0.6) is 0 Å². The van der Waals surface area contributed by atoms with Gasteiger partial charge >= 0.3 is 0 Å². The predicted octanol–water partition coefficient (Wildman–Crippen LogP) is 4.57. The van der Waals surface area contributed by atoms with Crippen LogP contribution in [0, 0.1) is 5.92 Å². The quantitative estimate of drug-likeness (QED) is 0.861. The molecule has 0 aliphatic carbocycles. The molecule has 15 heavy (non-hydrogen) atoms. The fourth-order valence-corrected chi connectivity index (χ4v) is 2.37. The molecule has 0 aliphatic heterocycles. The topological polar surface area (TPSA) is 20.2 Å². The van der Waals surface area contributed by atoms with Crippen LogP contribution in [0.15, 0.2) is 22.7 Å². The van der Waals surface area contributed by atoms with Crippen molar-refractivity contribution in [3.63, 3.8) is 0 Å². The van der Waals surface area contributed by atoms with E-state index in [1.54, 1.807) is 6.07 Å². The maximum absolute atomic E-state index is 9.97. The summed E-state index contributed by atoms with van der Waals surface area (Å²) in [5.74, 6) is 0.616. The van der Waals surface area contributed by atoms with E-state index in [0.29, 0.717) is 10.9 Å². The Kier molecular flexibility index (Phi) is 5.10. The zero-order valence-electron chi connectivity index (χ0n) is 9.00. The van der Waals surface area contributed by atoms with Crippen LogP contribution in [0.4, 0.5) is 0 Å². The van der Waals surface area contributed by atoms with E-state index >= 15 is 0 Å². The van der Waals surface area contributed by atoms with E-state index in [9.17, 15) is 5.11 Å². The molecule has 3 heteroatoms. The smallest absolute Gasteiger partial charge is 0.0801 e. The van der Waals surface area contributed by atoms with Gasteiger partial charge in [0.05, 0.1) is 6.10 Å². The highest BCUT2D eigenvalue weighted by molar-refractivity contribution is 9.10. The highest BCUT2D eigenvalue weighted by Crippen LogP contribution is 2.29. The fraction of sp³-hybridized carbons (Fsp3) is 0.500. The van der Waals surface area contributed by atoms with Crippen molar-refractivity contribution in [2.75, 3.05) is 0 Å². The van der Waals surface area contributed by atoms with Crippen molar-refractivity contribution in [2.45, 2.75) is 32.8 Å². The number of rotatable bonds is 4. The molecular weight excluding hydrogens is 275 g/mol. The maximum Gasteiger partial charge on any atom is 0.0801 e. The molecule has 0 radical (unpaired) electrons. The molecule has 0 spiro atoms. The molecule has 84 valence electrons. The molecule has 0 saturated heterocycles. The Labute approximate surface area is 105 Å². The summed E-state index contributed by atoms with van der Waals surface area (Å²) in [4.78, 5) is 0. The fourth-order valence-electron chi connectivity index (χ4n) is 1.42. The standard InChI is InChI=1S/C12H16BrClO/c1-8(2)3-6-12(15)10-5-4-9(14)7-11(10)13/h4-5,7-8,12,15H,3,6H2,1-2H3. The summed E-state index contributed by atoms with van der Waals surface area (Å²) in [7, 11) is 0. The number of hydrogen-bond acceptors (Lipinski definition) is 1. The SMILES string of the molecule is CC(C)CCC(O)c1ccc(Cl)cc1Br. The predicted molar refractivity (Wildman–Crippen MR) is 68.2 cm³/mol. The molecule has 0 fully saturated rings. The van der Waals surface area contributed by atoms with Gasteiger partial charge in [0.25, 0.3) is 0 Å². The van der Waals surface area contributed by atoms with Crippen LogP contribution in [0.2, 0.25) is 5.02 Å². The van der Waals surface area contributed by atoms with E-state index < -0.39 is 6.10 Å². The minimum Gasteiger partial charge on any atom is -0.388 e. The number of benzene rings is 1. The van der Waals surface area contributed by atoms with Crippen molar-refractivity contribution < 1.29 is 5.11 Å². The number of aliphatic hydroxyl groups is 1. The lowest BCUT2D eigenvalue weighted by Crippen LogP contribution is -2.00. The normalized spacial score (nSPS) is 13.2. The van der Waals surface area contributed by atoms with Gasteiger partial charge in [0, 0.05) is 9.50 Å². The van der Waals surface area contributed by atoms with Crippen LogP contribution in [0.1, 0.15) is 38.4 Å². The third kappa shape index (κ3) is 4.13. The lowest BCUT2D eigenvalue weighted by Gasteiger charge is -2.14. The number of hydrogen-bond donors (Lipinski definition) is 1. The minimum absolute atomic E-state index is 0.404. The molecule has 1 unspecified atom stereocenters. The Balaban J connectivity index is 2.69. The lowest BCUT2D eigenvalue weighted by atomic mass is 10.00. The summed E-state index contributed by atoms with van der Waals surface area (Å²) in [6.45, 7) is 4.31. The Bertz CT molecular complexity index is 325. The number of halogens is 2. The second-order valence-electron chi connectivity index (χ2n) is 4.15. The van der Waals surface area contributed by atoms with E-state index in [-0.39, 0.29) is 0 Å². The summed E-state index contributed by atoms with van der Waals surface area (Å²) >= 11 is 9.25. The van der Waals surface area contributed by atoms with Crippen LogP contribution < -0.4 is 0 Å². The van der Waals surface area contributed by atoms with Gasteiger partial charge in [-0.2, -0.15) is 0 Å². The molecule has 1 N–H and O–H groups in total. The van der Waals surface area contributed by atoms with Gasteiger partial charge in [-0.3, -0.25) is 0 Å². The van der Waals surface area contributed by atoms with Crippen LogP contribution >= 0.6 is 27.5 Å². The summed E-state index contributed by atoms with van der Waals surface area (Å²) in [5, 5.41) is 10.7. The zero-order chi connectivity index (χ0) is 11.4. The third-order valence-electron chi connectivity index (χ3n) is 2.34. The Morgan fingerprint density at radius 2 is 2.00 bits per heavy atom. The first kappa shape index (κ1) is 13.0. The van der Waals surface area contributed by atoms with Crippen molar-refractivity contribution in [1.82, 2.24) is 0 Å². The summed E-state index contributed by atoms with van der Waals surface area (Å²) < 4.78 is 0.881. The Morgan fingerprint density at radius 1 is 1.33 bits per heavy atom. The maximum atomic E-state index is 9.97. The molecular formula is C12H16BrClO. The van der Waals surface area contributed by atoms with Crippen molar-refractivity contribution in [1.29, 1.82) is 0 Å². The van der Waals surface area contributed by atoms with Crippen LogP contribution in [0.25, 0.3) is 0 Å². The van der Waals surface area contributed by atoms with E-state index in [4.69, 9.17) is 11.6 Å². The van der Waals surface area contributed by atoms with Crippen LogP contribution in [-0.2, 0) is 0 Å². The monoisotopic (exact) mass is 290 g/mol. The zero-order valence-corrected chi connectivity index (χ0v) is 11.3. The van der Waals surface area contributed by atoms with Crippen molar-refractivity contribution in [2.24, 2.45) is 5.92 Å². The lowest BCUT2D eigenvalue weighted by molar-refractivity contribution is 0.158. The molecule has 1 atom stereocenters. The largest absolute Gasteiger partial charge is 0.388 e. The molecule has 0 aliphatic rings. The van der Waals surface area contributed by atoms with Crippen molar-refractivity contribution >= 4 is 27.5 Å². The molecule has 1 rings (SSSR count). The van der Waals surface area contributed by atoms with Crippen LogP contribution in [-0.4, -0.2) is 5.11 Å². The van der Waals surface area contributed by atoms with Gasteiger partial charge in [-0.1, -0.05) is 47.4 Å². The van der Waals surface area contributed by atoms with Crippen molar-refractivity contribution in [3.8, 4) is 0 Å². The van der Waals surface area contributed by atoms with Gasteiger partial charge in [0.1, 0.15) is 0 Å². The van der Waals surface area contributed by atoms with Gasteiger partial charge in [0.2, 0.25) is 0 Å². The Morgan fingerprint density at radius 3 is 2.53 bits per heavy atom. The molecule has 0 bridgehead atoms. The minimum atomic E-state index is -0.404. The van der Waals surface area contributed by atoms with Gasteiger partial charge < -0.3 is 5.11 Å². The molecule has 0 amide bonds. The van der Waals surface area contributed by atoms with E-state index in [1.165, 1.54) is 0 Å². The summed E-state index contributed by atoms with van der Waals surface area (Å²) in [6, 6.07) is 5.49. The first-order valence-corrected chi connectivity index (χ1v) is 6.31. The van der Waals surface area contributed by atoms with Crippen molar-refractivity contribution in [3.05, 3.63) is 33.3 Å². The summed E-state index contributed by atoms with van der Waals surface area (Å²) in [5.41, 5.74) is 0.917. The average Bonchev–Trinajstić information content (AvgIpc) is 2.14. The third-order valence-corrected chi connectivity index (χ3v) is 3.26. The highest BCUT2D eigenvalue weighted by atomic mass is 79.9. The molecule has 0 saturated carbocycles. The van der Waals surface area contributed by atoms with E-state index in [2.05, 4.69) is 29.8 Å². The van der Waals surface area contributed by atoms with Gasteiger partial charge in [-0.05, 0) is 36.5 Å². The average molecular weight is 292 g/mol. The highest BCUT2D eigenvalue weighted by Gasteiger charge is 2.11. The second-order valence-corrected chi connectivity index (χ2v) is 5.44. The van der Waals surface area contributed by atoms with Gasteiger partial charge in [-0.25, -0.2) is 0 Å². The van der Waals surface area contributed by atoms with Gasteiger partial charge in [-0.15, -0.1) is 0 Å². The van der Waals surface area contributed by atoms with Crippen LogP contribution in [0.3, 0.4) is 0 Å². The molecule has 1 nitrogen and oxygen atoms in total. The first-order chi connectivity index (χ1) is 7.00. The molecule has 0 aromatic heterocycles. The summed E-state index contributed by atoms with van der Waals surface area (Å²) in [6.07, 6.45) is 1.41. The first-order valence-electron chi connectivity index (χ1n) is 5.13. The number of aliphatic hydroxyl groups excluding tert-OH is 1. The molecule has 1 aromatic rings. The molecule has 0 heterocycles. The second kappa shape index (κ2) is 5.88. The Hall–Kier alpha value is -0.0500. The molecule has 1 aromatic carbocycles. The van der Waals surface area contributed by atoms with E-state index in [1.807, 2.05) is 12.1 Å². The van der Waals surface area contributed by atoms with E-state index in [0.717, 1.165) is 22.9 Å².